The van der Waals surface area contributed by atoms with Gasteiger partial charge in [-0.25, -0.2) is 0 Å². The molecule has 51 heavy (non-hydrogen) atoms. The summed E-state index contributed by atoms with van der Waals surface area (Å²) in [6.07, 6.45) is 0. The fraction of sp³-hybridized carbons (Fsp3) is 0. The average Bonchev–Trinajstić information content (AvgIpc) is 3.18. The highest BCUT2D eigenvalue weighted by Crippen LogP contribution is 2.45. The first kappa shape index (κ1) is 31.3. The minimum absolute atomic E-state index is 1.23. The highest BCUT2D eigenvalue weighted by molar-refractivity contribution is 6.68. The zero-order chi connectivity index (χ0) is 34.8. The summed E-state index contributed by atoms with van der Waals surface area (Å²) in [7, 11) is 11.3. The molecule has 0 radical (unpaired) electrons. The molecule has 9 rings (SSSR count). The number of rotatable bonds is 4. The Morgan fingerprint density at radius 2 is 0.686 bits per heavy atom. The second kappa shape index (κ2) is 12.3. The van der Waals surface area contributed by atoms with E-state index in [-0.39, 0.29) is 0 Å². The van der Waals surface area contributed by atoms with Crippen LogP contribution in [-0.2, 0) is 0 Å². The molecule has 0 bridgehead atoms. The molecule has 0 heterocycles. The van der Waals surface area contributed by atoms with Gasteiger partial charge >= 0.3 is 0 Å². The molecule has 0 saturated carbocycles. The summed E-state index contributed by atoms with van der Waals surface area (Å²) < 4.78 is 0. The van der Waals surface area contributed by atoms with Gasteiger partial charge in [0.05, 0.1) is 0 Å². The van der Waals surface area contributed by atoms with Crippen LogP contribution < -0.4 is 27.3 Å². The lowest BCUT2D eigenvalue weighted by atomic mass is 9.59. The van der Waals surface area contributed by atoms with E-state index in [1.54, 1.807) is 0 Å². The van der Waals surface area contributed by atoms with Crippen molar-refractivity contribution in [2.45, 2.75) is 0 Å². The Balaban J connectivity index is 1.25. The highest BCUT2D eigenvalue weighted by Gasteiger charge is 2.19. The van der Waals surface area contributed by atoms with Gasteiger partial charge in [0.25, 0.3) is 0 Å². The lowest BCUT2D eigenvalue weighted by Gasteiger charge is -2.21. The van der Waals surface area contributed by atoms with Gasteiger partial charge in [0.15, 0.2) is 0 Å². The van der Waals surface area contributed by atoms with Crippen LogP contribution in [0.25, 0.3) is 87.6 Å². The normalized spacial score (nSPS) is 11.5. The van der Waals surface area contributed by atoms with Crippen LogP contribution in [0.15, 0.2) is 152 Å². The maximum Gasteiger partial charge on any atom is 0.139 e. The summed E-state index contributed by atoms with van der Waals surface area (Å²) in [5, 5.41) is 10.1. The molecule has 0 aliphatic heterocycles. The molecule has 0 unspecified atom stereocenters. The average molecular weight is 642 g/mol. The van der Waals surface area contributed by atoms with Crippen LogP contribution in [0.2, 0.25) is 0 Å². The molecule has 0 nitrogen and oxygen atoms in total. The van der Waals surface area contributed by atoms with Crippen LogP contribution in [0.5, 0.6) is 0 Å². The van der Waals surface area contributed by atoms with E-state index in [9.17, 15) is 0 Å². The van der Waals surface area contributed by atoms with Crippen LogP contribution in [0, 0.1) is 0 Å². The first-order chi connectivity index (χ1) is 24.9. The molecule has 0 N–H and O–H groups in total. The van der Waals surface area contributed by atoms with Crippen molar-refractivity contribution in [1.82, 2.24) is 0 Å². The lowest BCUT2D eigenvalue weighted by molar-refractivity contribution is 1.65. The second-order valence-corrected chi connectivity index (χ2v) is 14.2. The summed E-state index contributed by atoms with van der Waals surface area (Å²) in [5.41, 5.74) is 17.1. The number of hydrogen-bond acceptors (Lipinski definition) is 0. The molecular formula is C46H35B5. The second-order valence-electron chi connectivity index (χ2n) is 14.2. The van der Waals surface area contributed by atoms with Gasteiger partial charge in [0, 0.05) is 0 Å². The van der Waals surface area contributed by atoms with E-state index in [0.717, 1.165) is 0 Å². The van der Waals surface area contributed by atoms with Crippen molar-refractivity contribution in [3.05, 3.63) is 152 Å². The fourth-order valence-electron chi connectivity index (χ4n) is 8.51. The Morgan fingerprint density at radius 3 is 1.29 bits per heavy atom. The van der Waals surface area contributed by atoms with Gasteiger partial charge in [-0.15, -0.1) is 16.4 Å². The van der Waals surface area contributed by atoms with Crippen molar-refractivity contribution in [3.8, 4) is 44.5 Å². The lowest BCUT2D eigenvalue weighted by Crippen LogP contribution is -2.55. The molecule has 0 amide bonds. The Kier molecular flexibility index (Phi) is 7.55. The standard InChI is InChI=1S/C46H35B5/c47-42-40(43(48)45(50)46(51)44(42)49)29-20-18-28(19-21-29)39-33-11-3-5-13-35(33)41(36-14-6-4-12-34(36)39)37-15-7-10-27-17-23-32(25-38(27)37)31-22-16-26-8-1-2-9-30(26)24-31/h1-25H,47-51H2. The van der Waals surface area contributed by atoms with E-state index in [1.165, 1.54) is 115 Å². The highest BCUT2D eigenvalue weighted by atomic mass is 14.2. The van der Waals surface area contributed by atoms with Gasteiger partial charge < -0.3 is 0 Å². The van der Waals surface area contributed by atoms with E-state index in [4.69, 9.17) is 0 Å². The quantitative estimate of drug-likeness (QED) is 0.199. The smallest absolute Gasteiger partial charge is 0.102 e. The zero-order valence-electron chi connectivity index (χ0n) is 29.9. The fourth-order valence-corrected chi connectivity index (χ4v) is 8.51. The van der Waals surface area contributed by atoms with E-state index in [2.05, 4.69) is 191 Å². The molecule has 0 fully saturated rings. The summed E-state index contributed by atoms with van der Waals surface area (Å²) in [5.74, 6) is 0. The van der Waals surface area contributed by atoms with Crippen molar-refractivity contribution in [3.63, 3.8) is 0 Å². The summed E-state index contributed by atoms with van der Waals surface area (Å²) in [4.78, 5) is 0. The molecule has 234 valence electrons. The maximum atomic E-state index is 2.39. The predicted molar refractivity (Wildman–Crippen MR) is 239 cm³/mol. The summed E-state index contributed by atoms with van der Waals surface area (Å²) >= 11 is 0. The third-order valence-electron chi connectivity index (χ3n) is 11.6. The van der Waals surface area contributed by atoms with Crippen molar-refractivity contribution in [1.29, 1.82) is 0 Å². The maximum absolute atomic E-state index is 2.39. The van der Waals surface area contributed by atoms with Crippen LogP contribution in [0.1, 0.15) is 0 Å². The van der Waals surface area contributed by atoms with E-state index in [1.807, 2.05) is 0 Å². The van der Waals surface area contributed by atoms with Crippen molar-refractivity contribution in [2.75, 3.05) is 0 Å². The molecule has 0 aromatic heterocycles. The van der Waals surface area contributed by atoms with Gasteiger partial charge in [-0.3, -0.25) is 0 Å². The third-order valence-corrected chi connectivity index (χ3v) is 11.6. The largest absolute Gasteiger partial charge is 0.139 e. The molecule has 0 spiro atoms. The Labute approximate surface area is 304 Å². The van der Waals surface area contributed by atoms with E-state index >= 15 is 0 Å². The van der Waals surface area contributed by atoms with Crippen molar-refractivity contribution < 1.29 is 0 Å². The number of benzene rings is 9. The van der Waals surface area contributed by atoms with E-state index in [0.29, 0.717) is 0 Å². The topological polar surface area (TPSA) is 0 Å². The van der Waals surface area contributed by atoms with Crippen LogP contribution in [-0.4, -0.2) is 39.2 Å². The molecule has 0 atom stereocenters. The van der Waals surface area contributed by atoms with Crippen LogP contribution in [0.3, 0.4) is 0 Å². The van der Waals surface area contributed by atoms with Gasteiger partial charge in [0.1, 0.15) is 39.2 Å². The molecule has 9 aromatic rings. The molecule has 5 heteroatoms. The molecule has 9 aromatic carbocycles. The third kappa shape index (κ3) is 5.06. The molecule has 0 aliphatic carbocycles. The Hall–Kier alpha value is -5.66. The summed E-state index contributed by atoms with van der Waals surface area (Å²) in [6.45, 7) is 0. The first-order valence-corrected chi connectivity index (χ1v) is 18.0. The molecule has 0 saturated heterocycles. The minimum Gasteiger partial charge on any atom is -0.102 e. The molecule has 0 aliphatic rings. The van der Waals surface area contributed by atoms with Crippen molar-refractivity contribution in [2.24, 2.45) is 0 Å². The van der Waals surface area contributed by atoms with Crippen molar-refractivity contribution >= 4 is 110 Å². The Morgan fingerprint density at radius 1 is 0.255 bits per heavy atom. The zero-order valence-corrected chi connectivity index (χ0v) is 29.9. The van der Waals surface area contributed by atoms with Gasteiger partial charge in [-0.2, -0.15) is 0 Å². The van der Waals surface area contributed by atoms with Crippen LogP contribution >= 0.6 is 0 Å². The van der Waals surface area contributed by atoms with Gasteiger partial charge in [-0.05, 0) is 99.7 Å². The number of fused-ring (bicyclic) bond motifs is 4. The molecular weight excluding hydrogens is 607 g/mol. The number of hydrogen-bond donors (Lipinski definition) is 0. The Bertz CT molecular complexity index is 2770. The predicted octanol–water partition coefficient (Wildman–Crippen LogP) is 4.26. The monoisotopic (exact) mass is 642 g/mol. The summed E-state index contributed by atoms with van der Waals surface area (Å²) in [6, 6.07) is 56.4. The van der Waals surface area contributed by atoms with Gasteiger partial charge in [0.2, 0.25) is 0 Å². The minimum atomic E-state index is 1.23. The van der Waals surface area contributed by atoms with Crippen LogP contribution in [0.4, 0.5) is 0 Å². The van der Waals surface area contributed by atoms with E-state index < -0.39 is 0 Å². The van der Waals surface area contributed by atoms with Gasteiger partial charge in [-0.1, -0.05) is 150 Å². The first-order valence-electron chi connectivity index (χ1n) is 18.0. The SMILES string of the molecule is Bc1c(B)c(B)c(-c2ccc(-c3c4ccccc4c(-c4cccc5ccc(-c6ccc7ccccc7c6)cc45)c4ccccc34)cc2)c(B)c1B.